The van der Waals surface area contributed by atoms with E-state index in [0.717, 1.165) is 0 Å². The Kier molecular flexibility index (Phi) is 8.49. The number of rotatable bonds is 5. The summed E-state index contributed by atoms with van der Waals surface area (Å²) in [6, 6.07) is 5.04. The molecule has 5 rings (SSSR count). The molecule has 2 fully saturated rings. The van der Waals surface area contributed by atoms with E-state index in [2.05, 4.69) is 4.98 Å². The Hall–Kier alpha value is -2.60. The molecule has 2 aromatic heterocycles. The lowest BCUT2D eigenvalue weighted by Gasteiger charge is -2.67. The molecule has 11 heteroatoms. The van der Waals surface area contributed by atoms with Gasteiger partial charge in [-0.2, -0.15) is 0 Å². The van der Waals surface area contributed by atoms with Gasteiger partial charge in [0.05, 0.1) is 18.8 Å². The van der Waals surface area contributed by atoms with Crippen molar-refractivity contribution in [1.82, 2.24) is 4.98 Å². The summed E-state index contributed by atoms with van der Waals surface area (Å²) in [4.78, 5) is 30.2. The number of aromatic nitrogens is 1. The molecule has 3 unspecified atom stereocenters. The zero-order valence-electron chi connectivity index (χ0n) is 28.8. The van der Waals surface area contributed by atoms with Gasteiger partial charge in [-0.25, -0.2) is 4.79 Å². The van der Waals surface area contributed by atoms with Crippen LogP contribution in [0, 0.1) is 22.7 Å². The van der Waals surface area contributed by atoms with Crippen molar-refractivity contribution in [2.45, 2.75) is 122 Å². The first kappa shape index (κ1) is 34.7. The van der Waals surface area contributed by atoms with Gasteiger partial charge in [0, 0.05) is 52.4 Å². The molecule has 2 aromatic rings. The molecule has 2 aliphatic carbocycles. The van der Waals surface area contributed by atoms with Gasteiger partial charge < -0.3 is 28.5 Å². The zero-order valence-corrected chi connectivity index (χ0v) is 29.8. The maximum Gasteiger partial charge on any atom is 0.394 e. The Bertz CT molecular complexity index is 1520. The molecule has 2 saturated carbocycles. The highest BCUT2D eigenvalue weighted by Crippen LogP contribution is 2.68. The predicted molar refractivity (Wildman–Crippen MR) is 173 cm³/mol. The molecule has 1 aliphatic heterocycles. The van der Waals surface area contributed by atoms with Gasteiger partial charge in [-0.1, -0.05) is 55.4 Å². The van der Waals surface area contributed by atoms with E-state index >= 15 is 4.11 Å². The molecular formula is C35H50FNO8Si. The normalized spacial score (nSPS) is 34.5. The Morgan fingerprint density at radius 3 is 2.35 bits per heavy atom. The maximum absolute atomic E-state index is 17.3. The fourth-order valence-electron chi connectivity index (χ4n) is 9.27. The average molecular weight is 660 g/mol. The second-order valence-corrected chi connectivity index (χ2v) is 20.8. The first-order valence-electron chi connectivity index (χ1n) is 16.2. The summed E-state index contributed by atoms with van der Waals surface area (Å²) in [6.45, 7) is 18.0. The number of fused-ring (bicyclic) bond motifs is 4. The topological polar surface area (TPSA) is 128 Å². The second-order valence-electron chi connectivity index (χ2n) is 16.4. The van der Waals surface area contributed by atoms with Crippen LogP contribution in [0.15, 0.2) is 39.8 Å². The molecule has 2 N–H and O–H groups in total. The van der Waals surface area contributed by atoms with Crippen LogP contribution in [0.3, 0.4) is 0 Å². The Morgan fingerprint density at radius 1 is 1.15 bits per heavy atom. The van der Waals surface area contributed by atoms with Crippen LogP contribution in [0.25, 0.3) is 11.3 Å². The predicted octanol–water partition coefficient (Wildman–Crippen LogP) is 6.65. The molecule has 0 amide bonds. The number of halogens is 1. The lowest BCUT2D eigenvalue weighted by Crippen LogP contribution is -2.72. The monoisotopic (exact) mass is 659 g/mol. The van der Waals surface area contributed by atoms with E-state index in [0.29, 0.717) is 18.4 Å². The van der Waals surface area contributed by atoms with E-state index in [1.54, 1.807) is 30.6 Å². The van der Waals surface area contributed by atoms with Crippen molar-refractivity contribution in [1.29, 1.82) is 0 Å². The molecule has 254 valence electrons. The minimum atomic E-state index is -3.95. The summed E-state index contributed by atoms with van der Waals surface area (Å²) < 4.78 is 42.3. The standard InChI is InChI=1S/C35H50FNO8Si/c1-20(39)42-26-17-24-33(8,14-13-25(34(24,9)19-38)45-46(36,31(2,3)4)32(5,6)7)29-28(40)27-23(44-35(26,29)10)16-22(43-30(27)41)21-12-11-15-37-18-21/h11-12,15-16,18,24-26,28-29,38,40H,13-14,17,19H2,1-10H3/t24?,25-,26-,28-,29?,33-,34?,35+/m0/s1. The summed E-state index contributed by atoms with van der Waals surface area (Å²) in [5, 5.41) is 21.9. The molecule has 0 bridgehead atoms. The van der Waals surface area contributed by atoms with Crippen molar-refractivity contribution in [2.75, 3.05) is 6.61 Å². The number of nitrogens with zero attached hydrogens (tertiary/aromatic N) is 1. The largest absolute Gasteiger partial charge is 0.482 e. The van der Waals surface area contributed by atoms with E-state index in [9.17, 15) is 19.8 Å². The van der Waals surface area contributed by atoms with E-state index in [1.807, 2.05) is 62.3 Å². The van der Waals surface area contributed by atoms with Crippen molar-refractivity contribution >= 4 is 14.6 Å². The van der Waals surface area contributed by atoms with Gasteiger partial charge in [-0.15, -0.1) is 0 Å². The van der Waals surface area contributed by atoms with Crippen LogP contribution in [-0.2, 0) is 14.0 Å². The third-order valence-electron chi connectivity index (χ3n) is 11.4. The summed E-state index contributed by atoms with van der Waals surface area (Å²) in [5.74, 6) is -1.27. The fraction of sp³-hybridized carbons (Fsp3) is 0.686. The van der Waals surface area contributed by atoms with Crippen LogP contribution in [0.5, 0.6) is 5.75 Å². The lowest BCUT2D eigenvalue weighted by molar-refractivity contribution is -0.267. The van der Waals surface area contributed by atoms with Crippen LogP contribution < -0.4 is 10.4 Å². The van der Waals surface area contributed by atoms with Crippen LogP contribution in [0.4, 0.5) is 4.11 Å². The van der Waals surface area contributed by atoms with Gasteiger partial charge in [-0.05, 0) is 49.7 Å². The molecule has 0 radical (unpaired) electrons. The van der Waals surface area contributed by atoms with Gasteiger partial charge >= 0.3 is 20.2 Å². The first-order chi connectivity index (χ1) is 21.1. The van der Waals surface area contributed by atoms with Crippen molar-refractivity contribution < 1.29 is 37.4 Å². The van der Waals surface area contributed by atoms with Crippen molar-refractivity contribution in [2.24, 2.45) is 22.7 Å². The van der Waals surface area contributed by atoms with E-state index < -0.39 is 76.9 Å². The van der Waals surface area contributed by atoms with Crippen LogP contribution in [0.2, 0.25) is 10.1 Å². The number of aliphatic hydroxyl groups is 2. The lowest BCUT2D eigenvalue weighted by atomic mass is 9.42. The Morgan fingerprint density at radius 2 is 1.80 bits per heavy atom. The van der Waals surface area contributed by atoms with Crippen molar-refractivity contribution in [3.8, 4) is 17.1 Å². The number of ether oxygens (including phenoxy) is 2. The number of hydrogen-bond donors (Lipinski definition) is 2. The summed E-state index contributed by atoms with van der Waals surface area (Å²) in [7, 11) is -3.95. The molecule has 0 saturated heterocycles. The molecular weight excluding hydrogens is 609 g/mol. The van der Waals surface area contributed by atoms with Gasteiger partial charge in [0.1, 0.15) is 28.8 Å². The summed E-state index contributed by atoms with van der Waals surface area (Å²) >= 11 is 0. The SMILES string of the molecule is CC(=O)O[C@H]1CC2C(C)(CO)[C@@H](O[Si](F)(C(C)(C)C)C(C)(C)C)CC[C@]2(C)C2[C@@H](O)c3c(cc(-c4cccnc4)oc3=O)O[C@@]21C. The van der Waals surface area contributed by atoms with Crippen molar-refractivity contribution in [3.05, 3.63) is 46.6 Å². The van der Waals surface area contributed by atoms with Crippen LogP contribution >= 0.6 is 0 Å². The molecule has 9 nitrogen and oxygen atoms in total. The number of pyridine rings is 1. The highest BCUT2D eigenvalue weighted by atomic mass is 28.4. The van der Waals surface area contributed by atoms with E-state index in [1.165, 1.54) is 6.92 Å². The molecule has 8 atom stereocenters. The maximum atomic E-state index is 17.3. The zero-order chi connectivity index (χ0) is 34.3. The highest BCUT2D eigenvalue weighted by Gasteiger charge is 2.71. The van der Waals surface area contributed by atoms with Crippen molar-refractivity contribution in [3.63, 3.8) is 0 Å². The third-order valence-corrected chi connectivity index (χ3v) is 15.9. The molecule has 46 heavy (non-hydrogen) atoms. The first-order valence-corrected chi connectivity index (χ1v) is 18.0. The second kappa shape index (κ2) is 11.2. The summed E-state index contributed by atoms with van der Waals surface area (Å²) in [5.41, 5.74) is -3.12. The summed E-state index contributed by atoms with van der Waals surface area (Å²) in [6.07, 6.45) is 1.56. The van der Waals surface area contributed by atoms with Gasteiger partial charge in [-0.3, -0.25) is 13.9 Å². The van der Waals surface area contributed by atoms with E-state index in [-0.39, 0.29) is 30.1 Å². The fourth-order valence-corrected chi connectivity index (χ4v) is 13.0. The molecule has 0 spiro atoms. The van der Waals surface area contributed by atoms with Crippen LogP contribution in [0.1, 0.15) is 100 Å². The van der Waals surface area contributed by atoms with E-state index in [4.69, 9.17) is 18.3 Å². The van der Waals surface area contributed by atoms with Gasteiger partial charge in [0.25, 0.3) is 0 Å². The number of esters is 1. The molecule has 0 aromatic carbocycles. The molecule has 3 aliphatic rings. The minimum Gasteiger partial charge on any atom is -0.482 e. The third kappa shape index (κ3) is 5.16. The van der Waals surface area contributed by atoms with Gasteiger partial charge in [0.2, 0.25) is 0 Å². The highest BCUT2D eigenvalue weighted by molar-refractivity contribution is 6.72. The van der Waals surface area contributed by atoms with Crippen LogP contribution in [-0.4, -0.2) is 54.2 Å². The smallest absolute Gasteiger partial charge is 0.394 e. The molecule has 3 heterocycles. The number of carbonyl (C=O) groups is 1. The quantitative estimate of drug-likeness (QED) is 0.206. The Labute approximate surface area is 272 Å². The average Bonchev–Trinajstić information content (AvgIpc) is 2.94. The van der Waals surface area contributed by atoms with Gasteiger partial charge in [0.15, 0.2) is 0 Å². The number of hydrogen-bond acceptors (Lipinski definition) is 9. The Balaban J connectivity index is 1.63. The number of aliphatic hydroxyl groups excluding tert-OH is 2. The minimum absolute atomic E-state index is 0.00159. The number of carbonyl (C=O) groups excluding carboxylic acids is 1.